The van der Waals surface area contributed by atoms with Gasteiger partial charge in [0.05, 0.1) is 22.7 Å². The van der Waals surface area contributed by atoms with Crippen molar-refractivity contribution in [1.82, 2.24) is 15.3 Å². The van der Waals surface area contributed by atoms with E-state index in [-0.39, 0.29) is 11.5 Å². The Bertz CT molecular complexity index is 837. The molecule has 158 valence electrons. The van der Waals surface area contributed by atoms with Crippen molar-refractivity contribution in [3.63, 3.8) is 0 Å². The monoisotopic (exact) mass is 442 g/mol. The molecule has 2 amide bonds. The number of hydrogen-bond acceptors (Lipinski definition) is 6. The van der Waals surface area contributed by atoms with Crippen LogP contribution in [0.1, 0.15) is 18.4 Å². The molecule has 3 rings (SSSR count). The molecule has 29 heavy (non-hydrogen) atoms. The highest BCUT2D eigenvalue weighted by Crippen LogP contribution is 2.41. The van der Waals surface area contributed by atoms with Crippen LogP contribution in [0, 0.1) is 0 Å². The van der Waals surface area contributed by atoms with E-state index in [4.69, 9.17) is 38.5 Å². The number of piperidine rings is 1. The van der Waals surface area contributed by atoms with E-state index in [9.17, 15) is 9.59 Å². The highest BCUT2D eigenvalue weighted by Gasteiger charge is 2.50. The summed E-state index contributed by atoms with van der Waals surface area (Å²) in [4.78, 5) is 32.3. The van der Waals surface area contributed by atoms with Gasteiger partial charge in [0.25, 0.3) is 5.91 Å². The maximum Gasteiger partial charge on any atom is 0.414 e. The van der Waals surface area contributed by atoms with E-state index in [0.717, 1.165) is 0 Å². The lowest BCUT2D eigenvalue weighted by Gasteiger charge is -2.39. The zero-order valence-electron chi connectivity index (χ0n) is 16.3. The molecule has 0 saturated carbocycles. The van der Waals surface area contributed by atoms with E-state index in [1.165, 1.54) is 4.90 Å². The fraction of sp³-hybridized carbons (Fsp3) is 0.474. The Morgan fingerprint density at radius 2 is 2.00 bits per heavy atom. The van der Waals surface area contributed by atoms with Crippen LogP contribution in [0.25, 0.3) is 5.57 Å². The van der Waals surface area contributed by atoms with Crippen LogP contribution in [0.3, 0.4) is 0 Å². The third-order valence-corrected chi connectivity index (χ3v) is 5.99. The van der Waals surface area contributed by atoms with Crippen molar-refractivity contribution in [2.45, 2.75) is 18.4 Å². The van der Waals surface area contributed by atoms with Crippen molar-refractivity contribution >= 4 is 40.8 Å². The summed E-state index contributed by atoms with van der Waals surface area (Å²) >= 11 is 12.2. The molecule has 8 nitrogen and oxygen atoms in total. The summed E-state index contributed by atoms with van der Waals surface area (Å²) in [6.07, 6.45) is 0.481. The van der Waals surface area contributed by atoms with Crippen LogP contribution in [0.4, 0.5) is 4.79 Å². The predicted octanol–water partition coefficient (Wildman–Crippen LogP) is 2.26. The zero-order valence-corrected chi connectivity index (χ0v) is 17.8. The second-order valence-corrected chi connectivity index (χ2v) is 7.87. The Kier molecular flexibility index (Phi) is 6.70. The van der Waals surface area contributed by atoms with Crippen LogP contribution in [-0.2, 0) is 14.4 Å². The summed E-state index contributed by atoms with van der Waals surface area (Å²) in [5.41, 5.74) is 5.56. The number of likely N-dealkylation sites (N-methyl/N-ethyl adjacent to an activating group) is 1. The number of amides is 2. The minimum Gasteiger partial charge on any atom is -0.411 e. The summed E-state index contributed by atoms with van der Waals surface area (Å²) in [6, 6.07) is 4.89. The lowest BCUT2D eigenvalue weighted by atomic mass is 9.86. The molecule has 0 unspecified atom stereocenters. The Labute approximate surface area is 179 Å². The van der Waals surface area contributed by atoms with Gasteiger partial charge in [-0.25, -0.2) is 4.79 Å². The molecule has 1 fully saturated rings. The van der Waals surface area contributed by atoms with Crippen molar-refractivity contribution in [1.29, 1.82) is 0 Å². The maximum absolute atomic E-state index is 13.0. The number of hydroxylamine groups is 2. The maximum atomic E-state index is 13.0. The molecule has 0 aromatic heterocycles. The molecule has 0 aliphatic carbocycles. The predicted molar refractivity (Wildman–Crippen MR) is 110 cm³/mol. The Hall–Kier alpha value is -1.84. The highest BCUT2D eigenvalue weighted by atomic mass is 35.5. The van der Waals surface area contributed by atoms with Crippen LogP contribution in [0.2, 0.25) is 10.0 Å². The number of nitrogens with zero attached hydrogens (tertiary/aromatic N) is 2. The Morgan fingerprint density at radius 1 is 1.31 bits per heavy atom. The third-order valence-electron chi connectivity index (χ3n) is 5.25. The van der Waals surface area contributed by atoms with E-state index < -0.39 is 11.6 Å². The van der Waals surface area contributed by atoms with Gasteiger partial charge < -0.3 is 25.5 Å². The molecule has 2 aliphatic heterocycles. The average molecular weight is 443 g/mol. The van der Waals surface area contributed by atoms with Gasteiger partial charge in [0.15, 0.2) is 0 Å². The second-order valence-electron chi connectivity index (χ2n) is 7.06. The molecular weight excluding hydrogens is 419 g/mol. The molecule has 2 aliphatic rings. The van der Waals surface area contributed by atoms with E-state index in [1.54, 1.807) is 37.4 Å². The number of halogens is 2. The lowest BCUT2D eigenvalue weighted by molar-refractivity contribution is -0.152. The minimum absolute atomic E-state index is 0.281. The average Bonchev–Trinajstić information content (AvgIpc) is 2.95. The van der Waals surface area contributed by atoms with Gasteiger partial charge in [0.1, 0.15) is 11.3 Å². The summed E-state index contributed by atoms with van der Waals surface area (Å²) in [7, 11) is 3.20. The van der Waals surface area contributed by atoms with E-state index in [1.807, 2.05) is 0 Å². The van der Waals surface area contributed by atoms with E-state index in [2.05, 4.69) is 5.32 Å². The number of benzene rings is 1. The quantitative estimate of drug-likeness (QED) is 0.725. The van der Waals surface area contributed by atoms with Crippen molar-refractivity contribution in [2.75, 3.05) is 40.3 Å². The fourth-order valence-electron chi connectivity index (χ4n) is 3.59. The normalized spacial score (nSPS) is 18.9. The number of carbonyl (C=O) groups excluding carboxylic acids is 2. The summed E-state index contributed by atoms with van der Waals surface area (Å²) in [6.45, 7) is 1.78. The van der Waals surface area contributed by atoms with Crippen molar-refractivity contribution in [3.8, 4) is 0 Å². The van der Waals surface area contributed by atoms with Gasteiger partial charge in [-0.1, -0.05) is 29.3 Å². The first-order chi connectivity index (χ1) is 13.8. The molecule has 10 heteroatoms. The number of rotatable bonds is 5. The van der Waals surface area contributed by atoms with Crippen molar-refractivity contribution in [3.05, 3.63) is 39.6 Å². The summed E-state index contributed by atoms with van der Waals surface area (Å²) in [5.74, 6) is -0.0240. The van der Waals surface area contributed by atoms with Crippen molar-refractivity contribution < 1.29 is 19.2 Å². The fourth-order valence-corrected chi connectivity index (χ4v) is 3.89. The summed E-state index contributed by atoms with van der Waals surface area (Å²) < 4.78 is 5.79. The largest absolute Gasteiger partial charge is 0.414 e. The Balaban J connectivity index is 2.04. The van der Waals surface area contributed by atoms with E-state index in [0.29, 0.717) is 60.4 Å². The van der Waals surface area contributed by atoms with Gasteiger partial charge in [-0.05, 0) is 30.5 Å². The Morgan fingerprint density at radius 3 is 2.59 bits per heavy atom. The van der Waals surface area contributed by atoms with Gasteiger partial charge in [0.2, 0.25) is 0 Å². The number of carbonyl (C=O) groups is 2. The number of nitrogens with two attached hydrogens (primary N) is 1. The van der Waals surface area contributed by atoms with Gasteiger partial charge in [-0.2, -0.15) is 5.06 Å². The molecule has 3 N–H and O–H groups in total. The van der Waals surface area contributed by atoms with Gasteiger partial charge >= 0.3 is 6.09 Å². The van der Waals surface area contributed by atoms with Crippen LogP contribution in [-0.4, -0.2) is 67.8 Å². The first kappa shape index (κ1) is 21.9. The lowest BCUT2D eigenvalue weighted by Crippen LogP contribution is -2.53. The number of hydrogen-bond donors (Lipinski definition) is 2. The smallest absolute Gasteiger partial charge is 0.411 e. The van der Waals surface area contributed by atoms with Gasteiger partial charge in [-0.15, -0.1) is 0 Å². The molecule has 0 atom stereocenters. The summed E-state index contributed by atoms with van der Waals surface area (Å²) in [5, 5.41) is 5.52. The second kappa shape index (κ2) is 8.89. The first-order valence-corrected chi connectivity index (χ1v) is 10.0. The molecule has 1 spiro atoms. The SMILES string of the molecule is CON1CCC2(CC1)NC(=O)C(c1ccc(Cl)c(Cl)c1)=C2OC(=O)N(C)CCN. The molecule has 1 aromatic carbocycles. The molecule has 1 saturated heterocycles. The van der Waals surface area contributed by atoms with E-state index >= 15 is 0 Å². The van der Waals surface area contributed by atoms with Crippen LogP contribution in [0.15, 0.2) is 24.0 Å². The topological polar surface area (TPSA) is 97.1 Å². The molecule has 0 radical (unpaired) electrons. The molecule has 1 aromatic rings. The number of nitrogens with one attached hydrogen (secondary N) is 1. The molecule has 0 bridgehead atoms. The standard InChI is InChI=1S/C19H24Cl2N4O4/c1-24(10-7-22)18(27)29-16-15(12-3-4-13(20)14(21)11-12)17(26)23-19(16)5-8-25(28-2)9-6-19/h3-4,11H,5-10,22H2,1-2H3,(H,23,26). The zero-order chi connectivity index (χ0) is 21.2. The van der Waals surface area contributed by atoms with Crippen LogP contribution in [0.5, 0.6) is 0 Å². The van der Waals surface area contributed by atoms with Gasteiger partial charge in [-0.3, -0.25) is 4.79 Å². The highest BCUT2D eigenvalue weighted by molar-refractivity contribution is 6.42. The van der Waals surface area contributed by atoms with Crippen LogP contribution >= 0.6 is 23.2 Å². The molecular formula is C19H24Cl2N4O4. The first-order valence-electron chi connectivity index (χ1n) is 9.26. The molecule has 2 heterocycles. The minimum atomic E-state index is -0.799. The van der Waals surface area contributed by atoms with Gasteiger partial charge in [0, 0.05) is 33.2 Å². The van der Waals surface area contributed by atoms with Crippen molar-refractivity contribution in [2.24, 2.45) is 5.73 Å². The number of ether oxygens (including phenoxy) is 1. The van der Waals surface area contributed by atoms with Crippen LogP contribution < -0.4 is 11.1 Å². The third kappa shape index (κ3) is 4.36.